The van der Waals surface area contributed by atoms with Gasteiger partial charge in [0, 0.05) is 29.9 Å². The predicted molar refractivity (Wildman–Crippen MR) is 85.8 cm³/mol. The number of aryl methyl sites for hydroxylation is 1. The zero-order valence-corrected chi connectivity index (χ0v) is 12.9. The Morgan fingerprint density at radius 1 is 1.25 bits per heavy atom. The second-order valence-electron chi connectivity index (χ2n) is 5.07. The van der Waals surface area contributed by atoms with Gasteiger partial charge in [-0.3, -0.25) is 0 Å². The summed E-state index contributed by atoms with van der Waals surface area (Å²) >= 11 is 0. The van der Waals surface area contributed by atoms with Gasteiger partial charge in [-0.1, -0.05) is 25.5 Å². The molecule has 3 heteroatoms. The lowest BCUT2D eigenvalue weighted by molar-refractivity contribution is 0.419. The summed E-state index contributed by atoms with van der Waals surface area (Å²) in [4.78, 5) is 7.08. The fraction of sp³-hybridized carbons (Fsp3) is 0.471. The van der Waals surface area contributed by atoms with Crippen molar-refractivity contribution in [1.29, 1.82) is 0 Å². The molecular formula is C17H24N2O. The minimum Gasteiger partial charge on any atom is -0.494 e. The van der Waals surface area contributed by atoms with E-state index in [0.29, 0.717) is 0 Å². The van der Waals surface area contributed by atoms with Gasteiger partial charge in [-0.25, -0.2) is 4.98 Å². The summed E-state index contributed by atoms with van der Waals surface area (Å²) in [6, 6.07) is 8.32. The lowest BCUT2D eigenvalue weighted by atomic mass is 10.1. The van der Waals surface area contributed by atoms with Gasteiger partial charge in [0.05, 0.1) is 7.11 Å². The Labute approximate surface area is 121 Å². The second kappa shape index (κ2) is 6.60. The normalized spacial score (nSPS) is 10.8. The van der Waals surface area contributed by atoms with Crippen LogP contribution in [0.2, 0.25) is 0 Å². The Bertz CT molecular complexity index is 580. The largest absolute Gasteiger partial charge is 0.494 e. The first-order valence-electron chi connectivity index (χ1n) is 7.40. The molecule has 0 aliphatic carbocycles. The molecule has 0 radical (unpaired) electrons. The molecule has 3 nitrogen and oxygen atoms in total. The number of methoxy groups -OCH3 is 1. The molecule has 0 N–H and O–H groups in total. The monoisotopic (exact) mass is 272 g/mol. The zero-order valence-electron chi connectivity index (χ0n) is 12.9. The van der Waals surface area contributed by atoms with Crippen LogP contribution in [0.15, 0.2) is 24.3 Å². The molecule has 0 bridgehead atoms. The first-order chi connectivity index (χ1) is 9.71. The third-order valence-electron chi connectivity index (χ3n) is 3.63. The van der Waals surface area contributed by atoms with Crippen LogP contribution in [-0.4, -0.2) is 25.2 Å². The Hall–Kier alpha value is -1.77. The maximum Gasteiger partial charge on any atom is 0.145 e. The molecule has 0 saturated heterocycles. The Kier molecular flexibility index (Phi) is 4.83. The van der Waals surface area contributed by atoms with Crippen LogP contribution in [0, 0.1) is 6.92 Å². The van der Waals surface area contributed by atoms with E-state index in [9.17, 15) is 0 Å². The van der Waals surface area contributed by atoms with Crippen LogP contribution in [0.3, 0.4) is 0 Å². The number of benzene rings is 1. The maximum atomic E-state index is 5.45. The Balaban J connectivity index is 2.56. The molecule has 0 aliphatic rings. The van der Waals surface area contributed by atoms with E-state index in [1.54, 1.807) is 7.11 Å². The highest BCUT2D eigenvalue weighted by molar-refractivity contribution is 5.95. The first-order valence-corrected chi connectivity index (χ1v) is 7.40. The highest BCUT2D eigenvalue weighted by Gasteiger charge is 2.12. The van der Waals surface area contributed by atoms with E-state index in [1.807, 2.05) is 19.1 Å². The van der Waals surface area contributed by atoms with Crippen LogP contribution in [-0.2, 0) is 0 Å². The van der Waals surface area contributed by atoms with Crippen molar-refractivity contribution in [2.75, 3.05) is 25.1 Å². The van der Waals surface area contributed by atoms with Crippen molar-refractivity contribution < 1.29 is 4.74 Å². The molecule has 20 heavy (non-hydrogen) atoms. The number of aromatic nitrogens is 1. The minimum atomic E-state index is 0.846. The molecule has 1 aromatic heterocycles. The van der Waals surface area contributed by atoms with Crippen LogP contribution < -0.4 is 9.64 Å². The van der Waals surface area contributed by atoms with Crippen LogP contribution in [0.4, 0.5) is 5.69 Å². The molecule has 2 aromatic rings. The average Bonchev–Trinajstić information content (AvgIpc) is 2.47. The van der Waals surface area contributed by atoms with E-state index in [4.69, 9.17) is 4.74 Å². The number of unbranched alkanes of at least 4 members (excludes halogenated alkanes) is 1. The summed E-state index contributed by atoms with van der Waals surface area (Å²) in [5, 5.41) is 1.17. The van der Waals surface area contributed by atoms with Crippen LogP contribution in [0.25, 0.3) is 10.9 Å². The molecule has 0 atom stereocenters. The summed E-state index contributed by atoms with van der Waals surface area (Å²) in [7, 11) is 1.70. The molecule has 0 saturated carbocycles. The van der Waals surface area contributed by atoms with Gasteiger partial charge in [0.1, 0.15) is 11.3 Å². The SMILES string of the molecule is CCCCN(CC)c1cc(C)nc2c(OC)cccc12. The summed E-state index contributed by atoms with van der Waals surface area (Å²) in [5.41, 5.74) is 3.26. The van der Waals surface area contributed by atoms with Crippen molar-refractivity contribution >= 4 is 16.6 Å². The van der Waals surface area contributed by atoms with E-state index in [1.165, 1.54) is 23.9 Å². The lowest BCUT2D eigenvalue weighted by Crippen LogP contribution is -2.24. The zero-order chi connectivity index (χ0) is 14.5. The average molecular weight is 272 g/mol. The number of hydrogen-bond donors (Lipinski definition) is 0. The molecular weight excluding hydrogens is 248 g/mol. The van der Waals surface area contributed by atoms with Crippen LogP contribution in [0.1, 0.15) is 32.4 Å². The van der Waals surface area contributed by atoms with Gasteiger partial charge in [-0.05, 0) is 32.4 Å². The van der Waals surface area contributed by atoms with E-state index in [2.05, 4.69) is 35.9 Å². The molecule has 0 amide bonds. The number of pyridine rings is 1. The summed E-state index contributed by atoms with van der Waals surface area (Å²) in [6.45, 7) is 8.58. The van der Waals surface area contributed by atoms with Crippen LogP contribution >= 0.6 is 0 Å². The van der Waals surface area contributed by atoms with Gasteiger partial charge < -0.3 is 9.64 Å². The van der Waals surface area contributed by atoms with E-state index in [-0.39, 0.29) is 0 Å². The van der Waals surface area contributed by atoms with Crippen LogP contribution in [0.5, 0.6) is 5.75 Å². The standard InChI is InChI=1S/C17H24N2O/c1-5-7-11-19(6-2)15-12-13(3)18-17-14(15)9-8-10-16(17)20-4/h8-10,12H,5-7,11H2,1-4H3. The Morgan fingerprint density at radius 3 is 2.70 bits per heavy atom. The van der Waals surface area contributed by atoms with Crippen molar-refractivity contribution in [3.8, 4) is 5.75 Å². The second-order valence-corrected chi connectivity index (χ2v) is 5.07. The minimum absolute atomic E-state index is 0.846. The Morgan fingerprint density at radius 2 is 2.05 bits per heavy atom. The molecule has 108 valence electrons. The van der Waals surface area contributed by atoms with Crippen molar-refractivity contribution in [3.63, 3.8) is 0 Å². The molecule has 2 rings (SSSR count). The highest BCUT2D eigenvalue weighted by atomic mass is 16.5. The third kappa shape index (κ3) is 2.87. The van der Waals surface area contributed by atoms with E-state index >= 15 is 0 Å². The van der Waals surface area contributed by atoms with Gasteiger partial charge in [0.2, 0.25) is 0 Å². The van der Waals surface area contributed by atoms with Gasteiger partial charge in [-0.2, -0.15) is 0 Å². The highest BCUT2D eigenvalue weighted by Crippen LogP contribution is 2.32. The van der Waals surface area contributed by atoms with Crippen molar-refractivity contribution in [2.45, 2.75) is 33.6 Å². The lowest BCUT2D eigenvalue weighted by Gasteiger charge is -2.25. The first kappa shape index (κ1) is 14.6. The van der Waals surface area contributed by atoms with Gasteiger partial charge in [0.15, 0.2) is 0 Å². The molecule has 0 aliphatic heterocycles. The van der Waals surface area contributed by atoms with E-state index in [0.717, 1.165) is 30.0 Å². The van der Waals surface area contributed by atoms with Crippen molar-refractivity contribution in [1.82, 2.24) is 4.98 Å². The fourth-order valence-electron chi connectivity index (χ4n) is 2.55. The van der Waals surface area contributed by atoms with Gasteiger partial charge in [-0.15, -0.1) is 0 Å². The smallest absolute Gasteiger partial charge is 0.145 e. The molecule has 1 heterocycles. The van der Waals surface area contributed by atoms with Crippen molar-refractivity contribution in [2.24, 2.45) is 0 Å². The number of fused-ring (bicyclic) bond motifs is 1. The maximum absolute atomic E-state index is 5.45. The van der Waals surface area contributed by atoms with Gasteiger partial charge in [0.25, 0.3) is 0 Å². The number of para-hydroxylation sites is 1. The molecule has 0 spiro atoms. The topological polar surface area (TPSA) is 25.4 Å². The summed E-state index contributed by atoms with van der Waals surface area (Å²) in [6.07, 6.45) is 2.42. The predicted octanol–water partition coefficient (Wildman–Crippen LogP) is 4.18. The molecule has 0 fully saturated rings. The summed E-state index contributed by atoms with van der Waals surface area (Å²) in [5.74, 6) is 0.846. The fourth-order valence-corrected chi connectivity index (χ4v) is 2.55. The number of hydrogen-bond acceptors (Lipinski definition) is 3. The number of ether oxygens (including phenoxy) is 1. The quantitative estimate of drug-likeness (QED) is 0.789. The number of anilines is 1. The van der Waals surface area contributed by atoms with Crippen molar-refractivity contribution in [3.05, 3.63) is 30.0 Å². The third-order valence-corrected chi connectivity index (χ3v) is 3.63. The number of rotatable bonds is 6. The number of nitrogens with zero attached hydrogens (tertiary/aromatic N) is 2. The summed E-state index contributed by atoms with van der Waals surface area (Å²) < 4.78 is 5.45. The molecule has 0 unspecified atom stereocenters. The molecule has 1 aromatic carbocycles. The van der Waals surface area contributed by atoms with Gasteiger partial charge >= 0.3 is 0 Å². The van der Waals surface area contributed by atoms with E-state index < -0.39 is 0 Å².